The number of benzene rings is 1. The summed E-state index contributed by atoms with van der Waals surface area (Å²) in [6.07, 6.45) is 0.582. The van der Waals surface area contributed by atoms with Crippen molar-refractivity contribution in [1.82, 2.24) is 4.90 Å². The maximum Gasteiger partial charge on any atom is 0.287 e. The predicted molar refractivity (Wildman–Crippen MR) is 70.9 cm³/mol. The highest BCUT2D eigenvalue weighted by Crippen LogP contribution is 2.14. The standard InChI is InChI=1S/C14H18N2O3/c1-10(2)12(13(18)14(15)19)16(9-17)8-11-6-4-3-5-7-11/h3-7,9-10,12H,8H2,1-2H3,(H2,15,19). The summed E-state index contributed by atoms with van der Waals surface area (Å²) in [6, 6.07) is 8.43. The third-order valence-electron chi connectivity index (χ3n) is 2.84. The first-order valence-electron chi connectivity index (χ1n) is 6.06. The summed E-state index contributed by atoms with van der Waals surface area (Å²) >= 11 is 0. The van der Waals surface area contributed by atoms with Gasteiger partial charge in [0, 0.05) is 6.54 Å². The molecule has 0 radical (unpaired) electrons. The zero-order valence-corrected chi connectivity index (χ0v) is 11.1. The molecule has 0 saturated carbocycles. The molecule has 0 fully saturated rings. The molecule has 2 amide bonds. The van der Waals surface area contributed by atoms with Gasteiger partial charge >= 0.3 is 0 Å². The topological polar surface area (TPSA) is 80.5 Å². The van der Waals surface area contributed by atoms with E-state index in [0.717, 1.165) is 5.56 Å². The normalized spacial score (nSPS) is 11.9. The molecule has 1 aromatic carbocycles. The lowest BCUT2D eigenvalue weighted by atomic mass is 9.97. The molecule has 0 aromatic heterocycles. The Labute approximate surface area is 112 Å². The summed E-state index contributed by atoms with van der Waals surface area (Å²) < 4.78 is 0. The van der Waals surface area contributed by atoms with Crippen LogP contribution in [0.2, 0.25) is 0 Å². The van der Waals surface area contributed by atoms with E-state index >= 15 is 0 Å². The van der Waals surface area contributed by atoms with E-state index in [-0.39, 0.29) is 12.5 Å². The number of primary amides is 1. The monoisotopic (exact) mass is 262 g/mol. The van der Waals surface area contributed by atoms with Crippen LogP contribution in [0.3, 0.4) is 0 Å². The van der Waals surface area contributed by atoms with E-state index in [9.17, 15) is 14.4 Å². The van der Waals surface area contributed by atoms with Gasteiger partial charge in [-0.3, -0.25) is 14.4 Å². The number of ketones is 1. The van der Waals surface area contributed by atoms with Gasteiger partial charge in [0.05, 0.1) is 0 Å². The van der Waals surface area contributed by atoms with Gasteiger partial charge < -0.3 is 10.6 Å². The van der Waals surface area contributed by atoms with Crippen molar-refractivity contribution in [2.24, 2.45) is 11.7 Å². The van der Waals surface area contributed by atoms with Crippen LogP contribution in [-0.2, 0) is 20.9 Å². The quantitative estimate of drug-likeness (QED) is 0.581. The molecule has 0 spiro atoms. The summed E-state index contributed by atoms with van der Waals surface area (Å²) in [5.41, 5.74) is 5.92. The number of carbonyl (C=O) groups is 3. The van der Waals surface area contributed by atoms with Gasteiger partial charge in [0.1, 0.15) is 6.04 Å². The number of rotatable bonds is 7. The van der Waals surface area contributed by atoms with Gasteiger partial charge in [-0.25, -0.2) is 0 Å². The Balaban J connectivity index is 2.95. The molecule has 0 bridgehead atoms. The van der Waals surface area contributed by atoms with Crippen molar-refractivity contribution >= 4 is 18.1 Å². The summed E-state index contributed by atoms with van der Waals surface area (Å²) in [6.45, 7) is 3.81. The molecule has 2 N–H and O–H groups in total. The lowest BCUT2D eigenvalue weighted by Crippen LogP contribution is -2.48. The van der Waals surface area contributed by atoms with Crippen molar-refractivity contribution < 1.29 is 14.4 Å². The Bertz CT molecular complexity index is 457. The van der Waals surface area contributed by atoms with Gasteiger partial charge in [0.25, 0.3) is 5.91 Å². The Hall–Kier alpha value is -2.17. The first-order chi connectivity index (χ1) is 8.97. The first-order valence-corrected chi connectivity index (χ1v) is 6.06. The second kappa shape index (κ2) is 6.68. The highest BCUT2D eigenvalue weighted by molar-refractivity contribution is 6.37. The van der Waals surface area contributed by atoms with Gasteiger partial charge in [0.15, 0.2) is 0 Å². The summed E-state index contributed by atoms with van der Waals surface area (Å²) in [5.74, 6) is -1.94. The molecule has 1 atom stereocenters. The third kappa shape index (κ3) is 3.91. The molecule has 1 aromatic rings. The highest BCUT2D eigenvalue weighted by Gasteiger charge is 2.31. The maximum absolute atomic E-state index is 11.8. The van der Waals surface area contributed by atoms with Gasteiger partial charge in [-0.1, -0.05) is 44.2 Å². The number of Topliss-reactive ketones (excluding diaryl/α,β-unsaturated/α-hetero) is 1. The van der Waals surface area contributed by atoms with Gasteiger partial charge in [-0.2, -0.15) is 0 Å². The van der Waals surface area contributed by atoms with E-state index in [0.29, 0.717) is 6.41 Å². The average Bonchev–Trinajstić information content (AvgIpc) is 2.38. The second-order valence-electron chi connectivity index (χ2n) is 4.68. The lowest BCUT2D eigenvalue weighted by molar-refractivity contribution is -0.142. The van der Waals surface area contributed by atoms with Crippen LogP contribution in [0.1, 0.15) is 19.4 Å². The smallest absolute Gasteiger partial charge is 0.287 e. The van der Waals surface area contributed by atoms with Crippen molar-refractivity contribution in [3.63, 3.8) is 0 Å². The fraction of sp³-hybridized carbons (Fsp3) is 0.357. The fourth-order valence-electron chi connectivity index (χ4n) is 1.98. The van der Waals surface area contributed by atoms with Crippen LogP contribution in [-0.4, -0.2) is 29.0 Å². The lowest BCUT2D eigenvalue weighted by Gasteiger charge is -2.29. The fourth-order valence-corrected chi connectivity index (χ4v) is 1.98. The number of nitrogens with zero attached hydrogens (tertiary/aromatic N) is 1. The average molecular weight is 262 g/mol. The molecule has 1 rings (SSSR count). The van der Waals surface area contributed by atoms with E-state index in [4.69, 9.17) is 5.73 Å². The molecule has 102 valence electrons. The minimum atomic E-state index is -1.02. The van der Waals surface area contributed by atoms with Crippen LogP contribution < -0.4 is 5.73 Å². The van der Waals surface area contributed by atoms with Gasteiger partial charge in [0.2, 0.25) is 12.2 Å². The third-order valence-corrected chi connectivity index (χ3v) is 2.84. The number of nitrogens with two attached hydrogens (primary N) is 1. The summed E-state index contributed by atoms with van der Waals surface area (Å²) in [5, 5.41) is 0. The van der Waals surface area contributed by atoms with E-state index in [1.54, 1.807) is 13.8 Å². The zero-order chi connectivity index (χ0) is 14.4. The predicted octanol–water partition coefficient (Wildman–Crippen LogP) is 0.724. The van der Waals surface area contributed by atoms with Crippen LogP contribution in [0, 0.1) is 5.92 Å². The number of hydrogen-bond donors (Lipinski definition) is 1. The molecular weight excluding hydrogens is 244 g/mol. The van der Waals surface area contributed by atoms with Crippen LogP contribution in [0.5, 0.6) is 0 Å². The maximum atomic E-state index is 11.8. The number of carbonyl (C=O) groups excluding carboxylic acids is 3. The SMILES string of the molecule is CC(C)C(C(=O)C(N)=O)N(C=O)Cc1ccccc1. The first kappa shape index (κ1) is 14.9. The molecule has 5 nitrogen and oxygen atoms in total. The molecule has 0 aliphatic carbocycles. The van der Waals surface area contributed by atoms with Crippen molar-refractivity contribution in [2.45, 2.75) is 26.4 Å². The molecule has 0 aliphatic heterocycles. The summed E-state index contributed by atoms with van der Waals surface area (Å²) in [4.78, 5) is 35.4. The van der Waals surface area contributed by atoms with Crippen molar-refractivity contribution in [2.75, 3.05) is 0 Å². The second-order valence-corrected chi connectivity index (χ2v) is 4.68. The molecule has 0 heterocycles. The molecular formula is C14H18N2O3. The van der Waals surface area contributed by atoms with Gasteiger partial charge in [-0.15, -0.1) is 0 Å². The Morgan fingerprint density at radius 2 is 1.84 bits per heavy atom. The van der Waals surface area contributed by atoms with Crippen molar-refractivity contribution in [3.8, 4) is 0 Å². The zero-order valence-electron chi connectivity index (χ0n) is 11.1. The number of amides is 2. The van der Waals surface area contributed by atoms with E-state index in [1.165, 1.54) is 4.90 Å². The molecule has 0 aliphatic rings. The molecule has 19 heavy (non-hydrogen) atoms. The molecule has 5 heteroatoms. The van der Waals surface area contributed by atoms with Crippen LogP contribution >= 0.6 is 0 Å². The van der Waals surface area contributed by atoms with E-state index in [2.05, 4.69) is 0 Å². The van der Waals surface area contributed by atoms with Crippen LogP contribution in [0.4, 0.5) is 0 Å². The van der Waals surface area contributed by atoms with Crippen LogP contribution in [0.25, 0.3) is 0 Å². The minimum absolute atomic E-state index is 0.186. The number of hydrogen-bond acceptors (Lipinski definition) is 3. The molecule has 0 saturated heterocycles. The van der Waals surface area contributed by atoms with Gasteiger partial charge in [-0.05, 0) is 11.5 Å². The Morgan fingerprint density at radius 3 is 2.26 bits per heavy atom. The van der Waals surface area contributed by atoms with Crippen molar-refractivity contribution in [1.29, 1.82) is 0 Å². The van der Waals surface area contributed by atoms with Crippen LogP contribution in [0.15, 0.2) is 30.3 Å². The van der Waals surface area contributed by atoms with Crippen molar-refractivity contribution in [3.05, 3.63) is 35.9 Å². The Morgan fingerprint density at radius 1 is 1.26 bits per heavy atom. The van der Waals surface area contributed by atoms with E-state index < -0.39 is 17.7 Å². The Kier molecular flexibility index (Phi) is 5.23. The van der Waals surface area contributed by atoms with E-state index in [1.807, 2.05) is 30.3 Å². The summed E-state index contributed by atoms with van der Waals surface area (Å²) in [7, 11) is 0. The largest absolute Gasteiger partial charge is 0.363 e. The molecule has 1 unspecified atom stereocenters. The highest BCUT2D eigenvalue weighted by atomic mass is 16.2. The minimum Gasteiger partial charge on any atom is -0.363 e.